The number of carbonyl (C=O) groups excluding carboxylic acids is 1. The highest BCUT2D eigenvalue weighted by Crippen LogP contribution is 2.08. The van der Waals surface area contributed by atoms with E-state index in [0.717, 1.165) is 0 Å². The maximum Gasteiger partial charge on any atom is 0.251 e. The van der Waals surface area contributed by atoms with Crippen LogP contribution < -0.4 is 11.1 Å². The third-order valence-electron chi connectivity index (χ3n) is 1.53. The number of hydrogen-bond acceptors (Lipinski definition) is 2. The molecule has 0 atom stereocenters. The Morgan fingerprint density at radius 1 is 1.43 bits per heavy atom. The highest BCUT2D eigenvalue weighted by Gasteiger charge is 2.03. The zero-order chi connectivity index (χ0) is 10.6. The van der Waals surface area contributed by atoms with Gasteiger partial charge in [-0.3, -0.25) is 4.79 Å². The van der Waals surface area contributed by atoms with Crippen molar-refractivity contribution in [3.05, 3.63) is 34.9 Å². The Kier molecular flexibility index (Phi) is 3.85. The van der Waals surface area contributed by atoms with Gasteiger partial charge in [-0.2, -0.15) is 0 Å². The first-order valence-electron chi connectivity index (χ1n) is 3.91. The van der Waals surface area contributed by atoms with E-state index in [1.54, 1.807) is 24.3 Å². The topological polar surface area (TPSA) is 55.1 Å². The number of nitrogens with two attached hydrogens (primary N) is 1. The predicted molar refractivity (Wildman–Crippen MR) is 60.6 cm³/mol. The van der Waals surface area contributed by atoms with Gasteiger partial charge >= 0.3 is 0 Å². The van der Waals surface area contributed by atoms with Crippen LogP contribution in [0.5, 0.6) is 0 Å². The molecule has 0 aliphatic carbocycles. The summed E-state index contributed by atoms with van der Waals surface area (Å²) in [6.45, 7) is 0.205. The molecule has 3 N–H and O–H groups in total. The van der Waals surface area contributed by atoms with Crippen LogP contribution in [-0.4, -0.2) is 17.4 Å². The van der Waals surface area contributed by atoms with Crippen LogP contribution in [0.3, 0.4) is 0 Å². The molecule has 1 aromatic rings. The van der Waals surface area contributed by atoms with Crippen molar-refractivity contribution in [3.63, 3.8) is 0 Å². The Morgan fingerprint density at radius 2 is 2.00 bits per heavy atom. The summed E-state index contributed by atoms with van der Waals surface area (Å²) in [5.41, 5.74) is 5.77. The fourth-order valence-corrected chi connectivity index (χ4v) is 1.07. The summed E-state index contributed by atoms with van der Waals surface area (Å²) in [7, 11) is 0. The smallest absolute Gasteiger partial charge is 0.251 e. The van der Waals surface area contributed by atoms with E-state index in [1.165, 1.54) is 0 Å². The Morgan fingerprint density at radius 3 is 2.50 bits per heavy atom. The molecular weight excluding hydrogens is 220 g/mol. The summed E-state index contributed by atoms with van der Waals surface area (Å²) < 4.78 is 0. The van der Waals surface area contributed by atoms with Crippen molar-refractivity contribution in [1.82, 2.24) is 5.32 Å². The van der Waals surface area contributed by atoms with Crippen molar-refractivity contribution in [2.75, 3.05) is 6.54 Å². The van der Waals surface area contributed by atoms with Gasteiger partial charge in [-0.1, -0.05) is 23.8 Å². The number of thiocarbonyl (C=S) groups is 1. The number of rotatable bonds is 3. The lowest BCUT2D eigenvalue weighted by Crippen LogP contribution is -2.32. The third-order valence-corrected chi connectivity index (χ3v) is 1.93. The summed E-state index contributed by atoms with van der Waals surface area (Å²) in [5, 5.41) is 3.16. The van der Waals surface area contributed by atoms with Gasteiger partial charge in [0, 0.05) is 10.6 Å². The average molecular weight is 229 g/mol. The number of carbonyl (C=O) groups is 1. The monoisotopic (exact) mass is 228 g/mol. The average Bonchev–Trinajstić information content (AvgIpc) is 2.15. The first-order chi connectivity index (χ1) is 6.59. The van der Waals surface area contributed by atoms with Crippen LogP contribution in [0.2, 0.25) is 5.02 Å². The molecule has 0 spiro atoms. The molecule has 0 heterocycles. The van der Waals surface area contributed by atoms with Gasteiger partial charge in [-0.15, -0.1) is 0 Å². The normalized spacial score (nSPS) is 9.50. The van der Waals surface area contributed by atoms with Crippen LogP contribution in [0.1, 0.15) is 10.4 Å². The van der Waals surface area contributed by atoms with Crippen molar-refractivity contribution in [2.45, 2.75) is 0 Å². The molecule has 0 saturated heterocycles. The lowest BCUT2D eigenvalue weighted by Gasteiger charge is -2.03. The zero-order valence-electron chi connectivity index (χ0n) is 7.29. The van der Waals surface area contributed by atoms with E-state index in [1.807, 2.05) is 0 Å². The van der Waals surface area contributed by atoms with E-state index in [0.29, 0.717) is 10.6 Å². The minimum absolute atomic E-state index is 0.205. The van der Waals surface area contributed by atoms with E-state index < -0.39 is 0 Å². The quantitative estimate of drug-likeness (QED) is 0.768. The minimum Gasteiger partial charge on any atom is -0.392 e. The van der Waals surface area contributed by atoms with Gasteiger partial charge in [0.15, 0.2) is 0 Å². The minimum atomic E-state index is -0.213. The summed E-state index contributed by atoms with van der Waals surface area (Å²) in [6, 6.07) is 6.57. The fraction of sp³-hybridized carbons (Fsp3) is 0.111. The Balaban J connectivity index is 2.61. The number of amides is 1. The van der Waals surface area contributed by atoms with Gasteiger partial charge < -0.3 is 11.1 Å². The summed E-state index contributed by atoms with van der Waals surface area (Å²) in [5.74, 6) is -0.213. The van der Waals surface area contributed by atoms with Gasteiger partial charge in [0.1, 0.15) is 0 Å². The molecule has 5 heteroatoms. The van der Waals surface area contributed by atoms with Crippen molar-refractivity contribution in [2.24, 2.45) is 5.73 Å². The number of benzene rings is 1. The Hall–Kier alpha value is -1.13. The molecule has 1 amide bonds. The van der Waals surface area contributed by atoms with E-state index in [9.17, 15) is 4.79 Å². The van der Waals surface area contributed by atoms with Crippen LogP contribution in [0.25, 0.3) is 0 Å². The lowest BCUT2D eigenvalue weighted by molar-refractivity contribution is 0.0959. The number of nitrogens with one attached hydrogen (secondary N) is 1. The van der Waals surface area contributed by atoms with Gasteiger partial charge in [-0.05, 0) is 24.3 Å². The second-order valence-corrected chi connectivity index (χ2v) is 3.62. The Labute approximate surface area is 92.2 Å². The zero-order valence-corrected chi connectivity index (χ0v) is 8.86. The second-order valence-electron chi connectivity index (χ2n) is 2.66. The van der Waals surface area contributed by atoms with Gasteiger partial charge in [0.05, 0.1) is 11.5 Å². The lowest BCUT2D eigenvalue weighted by atomic mass is 10.2. The SMILES string of the molecule is NC(=S)CNC(=O)c1ccc(Cl)cc1. The van der Waals surface area contributed by atoms with Crippen molar-refractivity contribution >= 4 is 34.7 Å². The molecule has 0 saturated carbocycles. The van der Waals surface area contributed by atoms with Crippen LogP contribution in [0.4, 0.5) is 0 Å². The maximum absolute atomic E-state index is 11.4. The van der Waals surface area contributed by atoms with Crippen LogP contribution in [0, 0.1) is 0 Å². The molecule has 0 aliphatic rings. The number of halogens is 1. The van der Waals surface area contributed by atoms with Crippen LogP contribution >= 0.6 is 23.8 Å². The first-order valence-corrected chi connectivity index (χ1v) is 4.70. The van der Waals surface area contributed by atoms with Gasteiger partial charge in [0.25, 0.3) is 5.91 Å². The molecule has 0 aromatic heterocycles. The maximum atomic E-state index is 11.4. The van der Waals surface area contributed by atoms with Crippen molar-refractivity contribution < 1.29 is 4.79 Å². The standard InChI is InChI=1S/C9H9ClN2OS/c10-7-3-1-6(2-4-7)9(13)12-5-8(11)14/h1-4H,5H2,(H2,11,14)(H,12,13). The fourth-order valence-electron chi connectivity index (χ4n) is 0.871. The molecule has 1 aromatic carbocycles. The molecule has 0 unspecified atom stereocenters. The molecule has 3 nitrogen and oxygen atoms in total. The molecule has 0 radical (unpaired) electrons. The van der Waals surface area contributed by atoms with Crippen LogP contribution in [0.15, 0.2) is 24.3 Å². The van der Waals surface area contributed by atoms with E-state index >= 15 is 0 Å². The highest BCUT2D eigenvalue weighted by atomic mass is 35.5. The predicted octanol–water partition coefficient (Wildman–Crippen LogP) is 1.36. The molecule has 0 bridgehead atoms. The molecule has 74 valence electrons. The number of hydrogen-bond donors (Lipinski definition) is 2. The summed E-state index contributed by atoms with van der Waals surface area (Å²) in [6.07, 6.45) is 0. The Bertz CT molecular complexity index is 350. The van der Waals surface area contributed by atoms with E-state index in [4.69, 9.17) is 17.3 Å². The van der Waals surface area contributed by atoms with Gasteiger partial charge in [-0.25, -0.2) is 0 Å². The van der Waals surface area contributed by atoms with Crippen molar-refractivity contribution in [3.8, 4) is 0 Å². The second kappa shape index (κ2) is 4.93. The third kappa shape index (κ3) is 3.32. The summed E-state index contributed by atoms with van der Waals surface area (Å²) in [4.78, 5) is 11.6. The molecule has 0 aliphatic heterocycles. The van der Waals surface area contributed by atoms with E-state index in [-0.39, 0.29) is 17.4 Å². The largest absolute Gasteiger partial charge is 0.392 e. The first kappa shape index (κ1) is 10.9. The van der Waals surface area contributed by atoms with Crippen LogP contribution in [-0.2, 0) is 0 Å². The molecule has 0 fully saturated rings. The summed E-state index contributed by atoms with van der Waals surface area (Å²) >= 11 is 10.3. The molecule has 14 heavy (non-hydrogen) atoms. The van der Waals surface area contributed by atoms with Gasteiger partial charge in [0.2, 0.25) is 0 Å². The highest BCUT2D eigenvalue weighted by molar-refractivity contribution is 7.80. The van der Waals surface area contributed by atoms with Crippen molar-refractivity contribution in [1.29, 1.82) is 0 Å². The molecular formula is C9H9ClN2OS. The molecule has 1 rings (SSSR count). The van der Waals surface area contributed by atoms with E-state index in [2.05, 4.69) is 17.5 Å².